The highest BCUT2D eigenvalue weighted by Crippen LogP contribution is 2.25. The minimum Gasteiger partial charge on any atom is -0.496 e. The molecule has 0 saturated heterocycles. The van der Waals surface area contributed by atoms with Crippen molar-refractivity contribution in [3.05, 3.63) is 23.3 Å². The second-order valence-corrected chi connectivity index (χ2v) is 7.88. The SMILES string of the molecule is CCCCCC(CC)COC1=CC(N)=C(OCC(C)CCCC)CC1N. The maximum Gasteiger partial charge on any atom is 0.121 e. The van der Waals surface area contributed by atoms with Crippen LogP contribution in [-0.2, 0) is 9.47 Å². The predicted molar refractivity (Wildman–Crippen MR) is 110 cm³/mol. The van der Waals surface area contributed by atoms with Crippen molar-refractivity contribution in [1.29, 1.82) is 0 Å². The van der Waals surface area contributed by atoms with Gasteiger partial charge in [0, 0.05) is 12.5 Å². The largest absolute Gasteiger partial charge is 0.496 e. The lowest BCUT2D eigenvalue weighted by Crippen LogP contribution is -2.31. The number of hydrogen-bond donors (Lipinski definition) is 2. The van der Waals surface area contributed by atoms with Crippen LogP contribution >= 0.6 is 0 Å². The number of unbranched alkanes of at least 4 members (excludes halogenated alkanes) is 3. The second-order valence-electron chi connectivity index (χ2n) is 7.88. The van der Waals surface area contributed by atoms with Gasteiger partial charge in [0.15, 0.2) is 0 Å². The molecule has 0 amide bonds. The van der Waals surface area contributed by atoms with E-state index in [4.69, 9.17) is 20.9 Å². The van der Waals surface area contributed by atoms with Gasteiger partial charge in [0.05, 0.1) is 25.0 Å². The van der Waals surface area contributed by atoms with Crippen molar-refractivity contribution in [1.82, 2.24) is 0 Å². The van der Waals surface area contributed by atoms with Crippen molar-refractivity contribution >= 4 is 0 Å². The van der Waals surface area contributed by atoms with Gasteiger partial charge in [-0.1, -0.05) is 66.2 Å². The minimum absolute atomic E-state index is 0.156. The van der Waals surface area contributed by atoms with Crippen LogP contribution in [0, 0.1) is 11.8 Å². The Kier molecular flexibility index (Phi) is 11.5. The predicted octanol–water partition coefficient (Wildman–Crippen LogP) is 5.24. The molecule has 0 spiro atoms. The summed E-state index contributed by atoms with van der Waals surface area (Å²) in [7, 11) is 0. The lowest BCUT2D eigenvalue weighted by atomic mass is 9.99. The second kappa shape index (κ2) is 13.1. The maximum absolute atomic E-state index is 6.30. The van der Waals surface area contributed by atoms with Gasteiger partial charge >= 0.3 is 0 Å². The molecule has 1 aliphatic rings. The first-order valence-corrected chi connectivity index (χ1v) is 10.7. The van der Waals surface area contributed by atoms with Crippen molar-refractivity contribution in [2.24, 2.45) is 23.3 Å². The molecule has 0 fully saturated rings. The molecule has 0 bridgehead atoms. The summed E-state index contributed by atoms with van der Waals surface area (Å²) in [6, 6.07) is -0.156. The van der Waals surface area contributed by atoms with Gasteiger partial charge in [0.1, 0.15) is 11.5 Å². The average Bonchev–Trinajstić information content (AvgIpc) is 2.63. The van der Waals surface area contributed by atoms with Gasteiger partial charge < -0.3 is 20.9 Å². The van der Waals surface area contributed by atoms with Crippen molar-refractivity contribution < 1.29 is 9.47 Å². The van der Waals surface area contributed by atoms with E-state index in [0.29, 0.717) is 30.6 Å². The fraction of sp³-hybridized carbons (Fsp3) is 0.818. The van der Waals surface area contributed by atoms with E-state index in [2.05, 4.69) is 27.7 Å². The van der Waals surface area contributed by atoms with Gasteiger partial charge in [0.25, 0.3) is 0 Å². The monoisotopic (exact) mass is 366 g/mol. The van der Waals surface area contributed by atoms with E-state index in [0.717, 1.165) is 24.5 Å². The molecule has 3 unspecified atom stereocenters. The Hall–Kier alpha value is -1.16. The van der Waals surface area contributed by atoms with E-state index in [1.807, 2.05) is 6.08 Å². The standard InChI is InChI=1S/C22H42N2O2/c1-5-8-10-12-18(7-3)16-26-22-14-19(23)21(13-20(22)24)25-15-17(4)11-9-6-2/h14,17-18,20H,5-13,15-16,23-24H2,1-4H3. The zero-order valence-electron chi connectivity index (χ0n) is 17.6. The summed E-state index contributed by atoms with van der Waals surface area (Å²) in [4.78, 5) is 0. The van der Waals surface area contributed by atoms with Crippen LogP contribution in [0.1, 0.15) is 85.5 Å². The van der Waals surface area contributed by atoms with E-state index < -0.39 is 0 Å². The Morgan fingerprint density at radius 1 is 1.04 bits per heavy atom. The summed E-state index contributed by atoms with van der Waals surface area (Å²) < 4.78 is 12.0. The Labute approximate surface area is 161 Å². The van der Waals surface area contributed by atoms with Crippen molar-refractivity contribution in [3.63, 3.8) is 0 Å². The van der Waals surface area contributed by atoms with Crippen molar-refractivity contribution in [2.45, 2.75) is 91.5 Å². The van der Waals surface area contributed by atoms with Crippen molar-refractivity contribution in [2.75, 3.05) is 13.2 Å². The molecule has 0 aromatic carbocycles. The zero-order chi connectivity index (χ0) is 19.4. The Balaban J connectivity index is 2.50. The Morgan fingerprint density at radius 3 is 2.42 bits per heavy atom. The molecule has 4 heteroatoms. The van der Waals surface area contributed by atoms with Gasteiger partial charge in [0.2, 0.25) is 0 Å². The van der Waals surface area contributed by atoms with E-state index in [9.17, 15) is 0 Å². The first-order valence-electron chi connectivity index (χ1n) is 10.7. The Morgan fingerprint density at radius 2 is 1.77 bits per heavy atom. The van der Waals surface area contributed by atoms with Crippen LogP contribution in [0.5, 0.6) is 0 Å². The Bertz CT molecular complexity index is 445. The molecule has 3 atom stereocenters. The van der Waals surface area contributed by atoms with E-state index in [1.165, 1.54) is 44.9 Å². The number of nitrogens with two attached hydrogens (primary N) is 2. The molecule has 0 heterocycles. The third-order valence-electron chi connectivity index (χ3n) is 5.26. The van der Waals surface area contributed by atoms with Crippen LogP contribution in [0.3, 0.4) is 0 Å². The summed E-state index contributed by atoms with van der Waals surface area (Å²) in [5.74, 6) is 2.77. The maximum atomic E-state index is 6.30. The van der Waals surface area contributed by atoms with Crippen molar-refractivity contribution in [3.8, 4) is 0 Å². The molecule has 26 heavy (non-hydrogen) atoms. The van der Waals surface area contributed by atoms with Crippen LogP contribution < -0.4 is 11.5 Å². The van der Waals surface area contributed by atoms with Gasteiger partial charge in [-0.2, -0.15) is 0 Å². The molecular formula is C22H42N2O2. The number of ether oxygens (including phenoxy) is 2. The van der Waals surface area contributed by atoms with Gasteiger partial charge in [-0.15, -0.1) is 0 Å². The number of allylic oxidation sites excluding steroid dienone is 1. The average molecular weight is 367 g/mol. The third-order valence-corrected chi connectivity index (χ3v) is 5.26. The third kappa shape index (κ3) is 8.48. The van der Waals surface area contributed by atoms with E-state index >= 15 is 0 Å². The highest BCUT2D eigenvalue weighted by Gasteiger charge is 2.23. The lowest BCUT2D eigenvalue weighted by molar-refractivity contribution is 0.124. The summed E-state index contributed by atoms with van der Waals surface area (Å²) in [5.41, 5.74) is 13.2. The van der Waals surface area contributed by atoms with Crippen LogP contribution in [-0.4, -0.2) is 19.3 Å². The van der Waals surface area contributed by atoms with Gasteiger partial charge in [-0.3, -0.25) is 0 Å². The quantitative estimate of drug-likeness (QED) is 0.413. The molecule has 1 rings (SSSR count). The number of rotatable bonds is 14. The molecule has 0 aliphatic heterocycles. The molecule has 4 nitrogen and oxygen atoms in total. The van der Waals surface area contributed by atoms with E-state index in [-0.39, 0.29) is 6.04 Å². The van der Waals surface area contributed by atoms with Crippen LogP contribution in [0.25, 0.3) is 0 Å². The molecule has 0 radical (unpaired) electrons. The highest BCUT2D eigenvalue weighted by molar-refractivity contribution is 5.29. The van der Waals surface area contributed by atoms with Gasteiger partial charge in [-0.25, -0.2) is 0 Å². The summed E-state index contributed by atoms with van der Waals surface area (Å²) >= 11 is 0. The fourth-order valence-corrected chi connectivity index (χ4v) is 3.23. The number of hydrogen-bond acceptors (Lipinski definition) is 4. The first-order chi connectivity index (χ1) is 12.5. The lowest BCUT2D eigenvalue weighted by Gasteiger charge is -2.26. The van der Waals surface area contributed by atoms with Gasteiger partial charge in [-0.05, 0) is 24.7 Å². The minimum atomic E-state index is -0.156. The molecule has 0 aromatic rings. The molecular weight excluding hydrogens is 324 g/mol. The summed E-state index contributed by atoms with van der Waals surface area (Å²) in [6.45, 7) is 10.4. The smallest absolute Gasteiger partial charge is 0.121 e. The summed E-state index contributed by atoms with van der Waals surface area (Å²) in [6.07, 6.45) is 12.4. The highest BCUT2D eigenvalue weighted by atomic mass is 16.5. The van der Waals surface area contributed by atoms with Crippen LogP contribution in [0.2, 0.25) is 0 Å². The van der Waals surface area contributed by atoms with Crippen LogP contribution in [0.4, 0.5) is 0 Å². The van der Waals surface area contributed by atoms with Crippen LogP contribution in [0.15, 0.2) is 23.3 Å². The first kappa shape index (κ1) is 22.9. The molecule has 152 valence electrons. The topological polar surface area (TPSA) is 70.5 Å². The molecule has 0 saturated carbocycles. The fourth-order valence-electron chi connectivity index (χ4n) is 3.23. The molecule has 1 aliphatic carbocycles. The molecule has 0 aromatic heterocycles. The summed E-state index contributed by atoms with van der Waals surface area (Å²) in [5, 5.41) is 0. The van der Waals surface area contributed by atoms with E-state index in [1.54, 1.807) is 0 Å². The normalized spacial score (nSPS) is 19.9. The zero-order valence-corrected chi connectivity index (χ0v) is 17.6. The molecule has 4 N–H and O–H groups in total.